The van der Waals surface area contributed by atoms with E-state index in [1.807, 2.05) is 13.8 Å². The van der Waals surface area contributed by atoms with Gasteiger partial charge in [-0.25, -0.2) is 13.2 Å². The molecule has 0 aliphatic heterocycles. The molecule has 2 nitrogen and oxygen atoms in total. The molecule has 0 aromatic heterocycles. The Morgan fingerprint density at radius 1 is 1.03 bits per heavy atom. The number of allylic oxidation sites excluding steroid dienone is 1. The molecule has 1 fully saturated rings. The molecule has 3 rings (SSSR count). The van der Waals surface area contributed by atoms with Crippen LogP contribution >= 0.6 is 12.6 Å². The summed E-state index contributed by atoms with van der Waals surface area (Å²) in [7, 11) is 1.68. The Kier molecular flexibility index (Phi) is 11.1. The molecular weight excluding hydrogens is 421 g/mol. The number of benzene rings is 2. The van der Waals surface area contributed by atoms with Crippen LogP contribution in [0.15, 0.2) is 18.2 Å². The van der Waals surface area contributed by atoms with E-state index in [0.29, 0.717) is 23.0 Å². The molecule has 0 bridgehead atoms. The lowest BCUT2D eigenvalue weighted by molar-refractivity contribution is -0.104. The van der Waals surface area contributed by atoms with Gasteiger partial charge in [0.2, 0.25) is 0 Å². The number of hydrogen-bond acceptors (Lipinski definition) is 3. The van der Waals surface area contributed by atoms with E-state index >= 15 is 0 Å². The summed E-state index contributed by atoms with van der Waals surface area (Å²) >= 11 is 3.53. The van der Waals surface area contributed by atoms with E-state index in [4.69, 9.17) is 0 Å². The first-order valence-corrected chi connectivity index (χ1v) is 11.0. The number of hydrogen-bond donors (Lipinski definition) is 1. The maximum atomic E-state index is 15.0. The number of thiol groups is 1. The molecule has 0 unspecified atom stereocenters. The first kappa shape index (κ1) is 27.0. The van der Waals surface area contributed by atoms with Gasteiger partial charge in [0.1, 0.15) is 23.7 Å². The summed E-state index contributed by atoms with van der Waals surface area (Å²) in [6, 6.07) is 3.17. The van der Waals surface area contributed by atoms with Crippen molar-refractivity contribution in [2.75, 3.05) is 20.0 Å². The summed E-state index contributed by atoms with van der Waals surface area (Å²) in [5, 5.41) is 0. The monoisotopic (exact) mass is 452 g/mol. The van der Waals surface area contributed by atoms with Crippen LogP contribution in [0.25, 0.3) is 17.2 Å². The first-order chi connectivity index (χ1) is 14.8. The molecule has 1 aliphatic carbocycles. The number of ether oxygens (including phenoxy) is 1. The second-order valence-electron chi connectivity index (χ2n) is 7.23. The Bertz CT molecular complexity index is 933. The van der Waals surface area contributed by atoms with Crippen LogP contribution in [-0.2, 0) is 9.53 Å². The third-order valence-electron chi connectivity index (χ3n) is 5.06. The quantitative estimate of drug-likeness (QED) is 0.301. The average molecular weight is 453 g/mol. The van der Waals surface area contributed by atoms with Crippen LogP contribution in [0.2, 0.25) is 0 Å². The van der Waals surface area contributed by atoms with Crippen molar-refractivity contribution in [2.45, 2.75) is 46.5 Å². The maximum absolute atomic E-state index is 15.0. The van der Waals surface area contributed by atoms with Crippen molar-refractivity contribution in [1.29, 1.82) is 0 Å². The van der Waals surface area contributed by atoms with E-state index in [1.54, 1.807) is 26.4 Å². The molecule has 170 valence electrons. The molecule has 0 heterocycles. The number of aryl methyl sites for hydroxylation is 2. The van der Waals surface area contributed by atoms with Gasteiger partial charge in [0, 0.05) is 24.8 Å². The minimum Gasteiger partial charge on any atom is -0.385 e. The molecule has 0 saturated heterocycles. The minimum absolute atomic E-state index is 0.153. The lowest BCUT2D eigenvalue weighted by Crippen LogP contribution is -2.03. The van der Waals surface area contributed by atoms with Gasteiger partial charge in [-0.2, -0.15) is 12.6 Å². The SMILES string of the molecule is CCOC.CS.Cc1cc(-c2c(C)cc(C3CC3)c(F)c2C)c(F)c(/C=C\C=O)c1F. The van der Waals surface area contributed by atoms with Crippen molar-refractivity contribution in [3.8, 4) is 11.1 Å². The van der Waals surface area contributed by atoms with Crippen molar-refractivity contribution in [3.05, 3.63) is 63.5 Å². The summed E-state index contributed by atoms with van der Waals surface area (Å²) in [4.78, 5) is 10.5. The Morgan fingerprint density at radius 3 is 2.10 bits per heavy atom. The van der Waals surface area contributed by atoms with Gasteiger partial charge in [-0.1, -0.05) is 6.07 Å². The highest BCUT2D eigenvalue weighted by molar-refractivity contribution is 7.79. The van der Waals surface area contributed by atoms with Crippen LogP contribution < -0.4 is 0 Å². The van der Waals surface area contributed by atoms with Crippen LogP contribution in [0.3, 0.4) is 0 Å². The average Bonchev–Trinajstić information content (AvgIpc) is 3.61. The van der Waals surface area contributed by atoms with Crippen molar-refractivity contribution in [3.63, 3.8) is 0 Å². The van der Waals surface area contributed by atoms with Crippen LogP contribution in [0, 0.1) is 38.2 Å². The van der Waals surface area contributed by atoms with E-state index in [-0.39, 0.29) is 28.4 Å². The molecular formula is C25H31F3O2S. The Hall–Kier alpha value is -2.05. The fourth-order valence-corrected chi connectivity index (χ4v) is 3.36. The number of aldehydes is 1. The predicted octanol–water partition coefficient (Wildman–Crippen LogP) is 6.98. The number of carbonyl (C=O) groups excluding carboxylic acids is 1. The van der Waals surface area contributed by atoms with E-state index in [1.165, 1.54) is 13.0 Å². The standard InChI is InChI=1S/C21H19F3O.C3H8O.CH4S/c1-11-9-16(14-6-7-14)20(23)13(3)18(11)17-10-12(2)19(22)15(21(17)24)5-4-8-25;1-3-4-2;1-2/h4-5,8-10,14H,6-7H2,1-3H3;3H2,1-2H3;2H,1H3/b5-4-;;. The van der Waals surface area contributed by atoms with Gasteiger partial charge in [-0.05, 0) is 98.7 Å². The van der Waals surface area contributed by atoms with Crippen molar-refractivity contribution < 1.29 is 22.7 Å². The second kappa shape index (κ2) is 12.7. The van der Waals surface area contributed by atoms with Gasteiger partial charge in [0.05, 0.1) is 0 Å². The van der Waals surface area contributed by atoms with Gasteiger partial charge in [0.25, 0.3) is 0 Å². The van der Waals surface area contributed by atoms with Gasteiger partial charge >= 0.3 is 0 Å². The topological polar surface area (TPSA) is 26.3 Å². The molecule has 0 atom stereocenters. The summed E-state index contributed by atoms with van der Waals surface area (Å²) in [6.45, 7) is 7.74. The van der Waals surface area contributed by atoms with Gasteiger partial charge in [-0.15, -0.1) is 0 Å². The molecule has 0 amide bonds. The molecule has 2 aromatic carbocycles. The van der Waals surface area contributed by atoms with Crippen LogP contribution in [0.1, 0.15) is 53.5 Å². The third-order valence-corrected chi connectivity index (χ3v) is 5.06. The van der Waals surface area contributed by atoms with E-state index in [9.17, 15) is 18.0 Å². The van der Waals surface area contributed by atoms with Crippen molar-refractivity contribution in [1.82, 2.24) is 0 Å². The predicted molar refractivity (Wildman–Crippen MR) is 125 cm³/mol. The molecule has 6 heteroatoms. The lowest BCUT2D eigenvalue weighted by Gasteiger charge is -2.17. The molecule has 0 spiro atoms. The Balaban J connectivity index is 0.000000720. The smallest absolute Gasteiger partial charge is 0.142 e. The third kappa shape index (κ3) is 6.47. The van der Waals surface area contributed by atoms with Crippen molar-refractivity contribution in [2.24, 2.45) is 0 Å². The largest absolute Gasteiger partial charge is 0.385 e. The summed E-state index contributed by atoms with van der Waals surface area (Å²) in [5.41, 5.74) is 2.37. The summed E-state index contributed by atoms with van der Waals surface area (Å²) < 4.78 is 48.5. The zero-order valence-corrected chi connectivity index (χ0v) is 19.9. The fourth-order valence-electron chi connectivity index (χ4n) is 3.36. The second-order valence-corrected chi connectivity index (χ2v) is 7.23. The minimum atomic E-state index is -0.786. The zero-order chi connectivity index (χ0) is 23.7. The van der Waals surface area contributed by atoms with Crippen LogP contribution in [0.4, 0.5) is 13.2 Å². The molecule has 0 radical (unpaired) electrons. The summed E-state index contributed by atoms with van der Waals surface area (Å²) in [5.74, 6) is -1.57. The van der Waals surface area contributed by atoms with E-state index in [2.05, 4.69) is 17.4 Å². The highest BCUT2D eigenvalue weighted by Crippen LogP contribution is 2.44. The number of halogens is 3. The Morgan fingerprint density at radius 2 is 1.61 bits per heavy atom. The number of methoxy groups -OCH3 is 1. The maximum Gasteiger partial charge on any atom is 0.142 e. The number of carbonyl (C=O) groups is 1. The molecule has 2 aromatic rings. The van der Waals surface area contributed by atoms with Crippen LogP contribution in [0.5, 0.6) is 0 Å². The number of rotatable bonds is 5. The zero-order valence-electron chi connectivity index (χ0n) is 19.0. The van der Waals surface area contributed by atoms with Crippen molar-refractivity contribution >= 4 is 25.0 Å². The molecule has 0 N–H and O–H groups in total. The van der Waals surface area contributed by atoms with Gasteiger partial charge in [0.15, 0.2) is 0 Å². The molecule has 31 heavy (non-hydrogen) atoms. The highest BCUT2D eigenvalue weighted by atomic mass is 32.1. The highest BCUT2D eigenvalue weighted by Gasteiger charge is 2.29. The van der Waals surface area contributed by atoms with Gasteiger partial charge < -0.3 is 4.74 Å². The summed E-state index contributed by atoms with van der Waals surface area (Å²) in [6.07, 6.45) is 6.25. The normalized spacial score (nSPS) is 12.7. The Labute approximate surface area is 188 Å². The molecule has 1 saturated carbocycles. The van der Waals surface area contributed by atoms with E-state index in [0.717, 1.165) is 37.2 Å². The van der Waals surface area contributed by atoms with Gasteiger partial charge in [-0.3, -0.25) is 4.79 Å². The first-order valence-electron chi connectivity index (χ1n) is 10.1. The lowest BCUT2D eigenvalue weighted by atomic mass is 9.89. The fraction of sp³-hybridized carbons (Fsp3) is 0.400. The molecule has 1 aliphatic rings. The van der Waals surface area contributed by atoms with E-state index < -0.39 is 11.6 Å². The van der Waals surface area contributed by atoms with Crippen LogP contribution in [-0.4, -0.2) is 26.3 Å².